The van der Waals surface area contributed by atoms with Gasteiger partial charge in [0.05, 0.1) is 6.10 Å². The lowest BCUT2D eigenvalue weighted by Gasteiger charge is -2.62. The fourth-order valence-electron chi connectivity index (χ4n) is 7.44. The minimum absolute atomic E-state index is 0.0797. The van der Waals surface area contributed by atoms with Crippen LogP contribution in [0.1, 0.15) is 46.5 Å². The number of carbonyl (C=O) groups is 2. The van der Waals surface area contributed by atoms with Crippen molar-refractivity contribution >= 4 is 11.8 Å². The number of aliphatic carboxylic acids is 1. The van der Waals surface area contributed by atoms with Crippen LogP contribution >= 0.6 is 0 Å². The van der Waals surface area contributed by atoms with Crippen LogP contribution in [-0.4, -0.2) is 44.9 Å². The summed E-state index contributed by atoms with van der Waals surface area (Å²) in [7, 11) is 0. The van der Waals surface area contributed by atoms with Gasteiger partial charge in [-0.1, -0.05) is 25.5 Å². The summed E-state index contributed by atoms with van der Waals surface area (Å²) >= 11 is 0. The van der Waals surface area contributed by atoms with Crippen molar-refractivity contribution in [1.82, 2.24) is 0 Å². The summed E-state index contributed by atoms with van der Waals surface area (Å²) in [6.07, 6.45) is 3.53. The molecule has 0 aromatic heterocycles. The van der Waals surface area contributed by atoms with Gasteiger partial charge in [-0.15, -0.1) is 0 Å². The number of allylic oxidation sites excluding steroid dienone is 4. The molecule has 0 saturated heterocycles. The van der Waals surface area contributed by atoms with Crippen molar-refractivity contribution in [3.8, 4) is 0 Å². The van der Waals surface area contributed by atoms with E-state index in [4.69, 9.17) is 0 Å². The third-order valence-corrected chi connectivity index (χ3v) is 8.67. The molecule has 0 heterocycles. The molecule has 28 heavy (non-hydrogen) atoms. The summed E-state index contributed by atoms with van der Waals surface area (Å²) in [6.45, 7) is 5.60. The van der Waals surface area contributed by atoms with Crippen molar-refractivity contribution in [3.05, 3.63) is 23.8 Å². The third kappa shape index (κ3) is 2.25. The Labute approximate surface area is 164 Å². The van der Waals surface area contributed by atoms with Crippen molar-refractivity contribution in [3.63, 3.8) is 0 Å². The van der Waals surface area contributed by atoms with E-state index in [1.54, 1.807) is 13.0 Å². The molecular formula is C22H29FO5. The zero-order valence-corrected chi connectivity index (χ0v) is 16.6. The van der Waals surface area contributed by atoms with E-state index >= 15 is 4.39 Å². The third-order valence-electron chi connectivity index (χ3n) is 8.67. The monoisotopic (exact) mass is 392 g/mol. The largest absolute Gasteiger partial charge is 0.479 e. The first-order valence-electron chi connectivity index (χ1n) is 10.2. The number of alkyl halides is 1. The van der Waals surface area contributed by atoms with E-state index in [0.29, 0.717) is 19.3 Å². The molecule has 0 radical (unpaired) electrons. The molecule has 4 aliphatic carbocycles. The maximum absolute atomic E-state index is 16.8. The standard InChI is InChI=1S/C22H29FO5/c1-11-8-15-14-5-4-12-9-13(24)6-7-21(12,3)22(14,23)16(25)10-20(15,2)17(11)18(26)19(27)28/h6-7,9,11,14-18,25-26H,4-5,8,10H2,1-3H3,(H,27,28)/t11-,14-,15-,16-,17-,18-,20-,21-,22-/m0/s1. The van der Waals surface area contributed by atoms with Crippen LogP contribution in [0, 0.1) is 34.5 Å². The molecule has 0 bridgehead atoms. The van der Waals surface area contributed by atoms with E-state index in [1.807, 2.05) is 13.8 Å². The van der Waals surface area contributed by atoms with Crippen LogP contribution in [0.25, 0.3) is 0 Å². The average molecular weight is 392 g/mol. The zero-order valence-electron chi connectivity index (χ0n) is 16.6. The summed E-state index contributed by atoms with van der Waals surface area (Å²) in [6, 6.07) is 0. The van der Waals surface area contributed by atoms with Crippen LogP contribution in [0.2, 0.25) is 0 Å². The highest BCUT2D eigenvalue weighted by atomic mass is 19.1. The fourth-order valence-corrected chi connectivity index (χ4v) is 7.44. The Hall–Kier alpha value is -1.53. The molecule has 4 rings (SSSR count). The highest BCUT2D eigenvalue weighted by Crippen LogP contribution is 2.70. The van der Waals surface area contributed by atoms with Gasteiger partial charge in [0.15, 0.2) is 17.6 Å². The van der Waals surface area contributed by atoms with Crippen LogP contribution in [0.3, 0.4) is 0 Å². The van der Waals surface area contributed by atoms with E-state index in [0.717, 1.165) is 5.57 Å². The summed E-state index contributed by atoms with van der Waals surface area (Å²) in [4.78, 5) is 23.3. The zero-order chi connectivity index (χ0) is 20.6. The molecule has 154 valence electrons. The van der Waals surface area contributed by atoms with Gasteiger partial charge in [0, 0.05) is 17.3 Å². The summed E-state index contributed by atoms with van der Waals surface area (Å²) < 4.78 is 16.8. The van der Waals surface area contributed by atoms with E-state index < -0.39 is 46.5 Å². The second-order valence-corrected chi connectivity index (χ2v) is 9.87. The average Bonchev–Trinajstić information content (AvgIpc) is 2.86. The summed E-state index contributed by atoms with van der Waals surface area (Å²) in [5.74, 6) is -2.59. The van der Waals surface area contributed by atoms with E-state index in [2.05, 4.69) is 0 Å². The van der Waals surface area contributed by atoms with Crippen molar-refractivity contribution in [2.75, 3.05) is 0 Å². The van der Waals surface area contributed by atoms with Crippen molar-refractivity contribution in [1.29, 1.82) is 0 Å². The predicted molar refractivity (Wildman–Crippen MR) is 100 cm³/mol. The molecule has 0 aromatic carbocycles. The number of aliphatic hydroxyl groups is 2. The number of carbonyl (C=O) groups excluding carboxylic acids is 1. The van der Waals surface area contributed by atoms with E-state index in [-0.39, 0.29) is 24.0 Å². The Bertz CT molecular complexity index is 790. The van der Waals surface area contributed by atoms with Crippen molar-refractivity contribution in [2.24, 2.45) is 34.5 Å². The van der Waals surface area contributed by atoms with Gasteiger partial charge in [0.1, 0.15) is 0 Å². The SMILES string of the molecule is C[C@H]1C[C@H]2[C@@H]3CCC4=CC(=O)C=C[C@]4(C)[C@@]3(F)[C@@H](O)C[C@]2(C)[C@@H]1[C@H](O)C(=O)O. The molecule has 9 atom stereocenters. The molecule has 0 aliphatic heterocycles. The number of carboxylic acid groups (broad SMARTS) is 1. The number of carboxylic acids is 1. The smallest absolute Gasteiger partial charge is 0.332 e. The molecule has 3 saturated carbocycles. The van der Waals surface area contributed by atoms with Gasteiger partial charge in [-0.25, -0.2) is 9.18 Å². The first kappa shape index (κ1) is 19.8. The van der Waals surface area contributed by atoms with Gasteiger partial charge >= 0.3 is 5.97 Å². The van der Waals surface area contributed by atoms with Gasteiger partial charge in [0.25, 0.3) is 0 Å². The molecule has 3 N–H and O–H groups in total. The normalized spacial score (nSPS) is 51.0. The maximum atomic E-state index is 16.8. The van der Waals surface area contributed by atoms with Crippen molar-refractivity contribution in [2.45, 2.75) is 64.3 Å². The lowest BCUT2D eigenvalue weighted by molar-refractivity contribution is -0.202. The van der Waals surface area contributed by atoms with Gasteiger partial charge in [0.2, 0.25) is 0 Å². The Morgan fingerprint density at radius 2 is 2.00 bits per heavy atom. The number of hydrogen-bond acceptors (Lipinski definition) is 4. The molecule has 3 fully saturated rings. The first-order chi connectivity index (χ1) is 13.0. The van der Waals surface area contributed by atoms with E-state index in [1.165, 1.54) is 12.2 Å². The summed E-state index contributed by atoms with van der Waals surface area (Å²) in [5, 5.41) is 30.9. The second-order valence-electron chi connectivity index (χ2n) is 9.87. The number of halogens is 1. The number of ketones is 1. The van der Waals surface area contributed by atoms with Crippen LogP contribution in [0.4, 0.5) is 4.39 Å². The summed E-state index contributed by atoms with van der Waals surface area (Å²) in [5.41, 5.74) is -2.88. The number of hydrogen-bond donors (Lipinski definition) is 3. The van der Waals surface area contributed by atoms with Gasteiger partial charge in [-0.2, -0.15) is 0 Å². The maximum Gasteiger partial charge on any atom is 0.332 e. The molecule has 0 amide bonds. The number of aliphatic hydroxyl groups excluding tert-OH is 2. The molecule has 0 spiro atoms. The molecule has 4 aliphatic rings. The predicted octanol–water partition coefficient (Wildman–Crippen LogP) is 2.66. The lowest BCUT2D eigenvalue weighted by atomic mass is 9.45. The Morgan fingerprint density at radius 3 is 2.64 bits per heavy atom. The molecule has 5 nitrogen and oxygen atoms in total. The molecule has 0 unspecified atom stereocenters. The molecule has 6 heteroatoms. The van der Waals surface area contributed by atoms with Crippen LogP contribution in [0.5, 0.6) is 0 Å². The van der Waals surface area contributed by atoms with Crippen LogP contribution in [-0.2, 0) is 9.59 Å². The van der Waals surface area contributed by atoms with Gasteiger partial charge in [-0.05, 0) is 62.0 Å². The van der Waals surface area contributed by atoms with E-state index in [9.17, 15) is 24.9 Å². The number of rotatable bonds is 2. The minimum Gasteiger partial charge on any atom is -0.479 e. The fraction of sp³-hybridized carbons (Fsp3) is 0.727. The highest BCUT2D eigenvalue weighted by Gasteiger charge is 2.71. The minimum atomic E-state index is -1.92. The highest BCUT2D eigenvalue weighted by molar-refractivity contribution is 6.01. The second kappa shape index (κ2) is 5.99. The van der Waals surface area contributed by atoms with Gasteiger partial charge < -0.3 is 15.3 Å². The number of fused-ring (bicyclic) bond motifs is 5. The molecular weight excluding hydrogens is 363 g/mol. The Kier molecular flexibility index (Phi) is 4.23. The molecule has 0 aromatic rings. The lowest BCUT2D eigenvalue weighted by Crippen LogP contribution is -2.67. The van der Waals surface area contributed by atoms with Crippen LogP contribution < -0.4 is 0 Å². The topological polar surface area (TPSA) is 94.8 Å². The van der Waals surface area contributed by atoms with Crippen molar-refractivity contribution < 1.29 is 29.3 Å². The Morgan fingerprint density at radius 1 is 1.32 bits per heavy atom. The first-order valence-corrected chi connectivity index (χ1v) is 10.2. The van der Waals surface area contributed by atoms with Gasteiger partial charge in [-0.3, -0.25) is 4.79 Å². The Balaban J connectivity index is 1.79. The quantitative estimate of drug-likeness (QED) is 0.672. The van der Waals surface area contributed by atoms with Crippen LogP contribution in [0.15, 0.2) is 23.8 Å².